The molecule has 1 saturated heterocycles. The zero-order chi connectivity index (χ0) is 14.0. The Hall–Kier alpha value is -0.820. The zero-order valence-corrected chi connectivity index (χ0v) is 14.9. The van der Waals surface area contributed by atoms with Crippen LogP contribution in [0, 0.1) is 0 Å². The molecule has 2 N–H and O–H groups in total. The summed E-state index contributed by atoms with van der Waals surface area (Å²) in [5.74, 6) is 0.677. The van der Waals surface area contributed by atoms with Gasteiger partial charge in [-0.2, -0.15) is 0 Å². The number of morpholine rings is 1. The van der Waals surface area contributed by atoms with E-state index in [2.05, 4.69) is 40.2 Å². The van der Waals surface area contributed by atoms with E-state index >= 15 is 0 Å². The molecule has 0 unspecified atom stereocenters. The first-order chi connectivity index (χ1) is 9.86. The SMILES string of the molecule is I.NC(=NCCCCCc1ccccc1)N1CCOCC1. The number of aliphatic imine (C=N–C) groups is 1. The highest BCUT2D eigenvalue weighted by Crippen LogP contribution is 2.06. The predicted octanol–water partition coefficient (Wildman–Crippen LogP) is 2.66. The van der Waals surface area contributed by atoms with E-state index in [1.54, 1.807) is 0 Å². The fraction of sp³-hybridized carbons (Fsp3) is 0.562. The van der Waals surface area contributed by atoms with E-state index in [-0.39, 0.29) is 24.0 Å². The van der Waals surface area contributed by atoms with Crippen molar-refractivity contribution in [1.29, 1.82) is 0 Å². The van der Waals surface area contributed by atoms with Crippen LogP contribution in [0.3, 0.4) is 0 Å². The number of guanidine groups is 1. The number of hydrogen-bond acceptors (Lipinski definition) is 2. The molecule has 1 aromatic rings. The molecule has 0 saturated carbocycles. The maximum Gasteiger partial charge on any atom is 0.191 e. The second kappa shape index (κ2) is 10.8. The van der Waals surface area contributed by atoms with Crippen LogP contribution in [0.5, 0.6) is 0 Å². The van der Waals surface area contributed by atoms with Gasteiger partial charge < -0.3 is 15.4 Å². The highest BCUT2D eigenvalue weighted by Gasteiger charge is 2.11. The Balaban J connectivity index is 0.00000220. The molecular formula is C16H26IN3O. The summed E-state index contributed by atoms with van der Waals surface area (Å²) < 4.78 is 5.30. The summed E-state index contributed by atoms with van der Waals surface area (Å²) in [6, 6.07) is 10.6. The van der Waals surface area contributed by atoms with E-state index in [4.69, 9.17) is 10.5 Å². The Bertz CT molecular complexity index is 405. The number of nitrogens with two attached hydrogens (primary N) is 1. The van der Waals surface area contributed by atoms with Crippen LogP contribution >= 0.6 is 24.0 Å². The number of ether oxygens (including phenoxy) is 1. The molecule has 21 heavy (non-hydrogen) atoms. The third kappa shape index (κ3) is 7.13. The molecule has 1 heterocycles. The van der Waals surface area contributed by atoms with Crippen molar-refractivity contribution in [3.05, 3.63) is 35.9 Å². The Morgan fingerprint density at radius 2 is 1.81 bits per heavy atom. The van der Waals surface area contributed by atoms with Crippen LogP contribution in [0.15, 0.2) is 35.3 Å². The van der Waals surface area contributed by atoms with E-state index in [1.807, 2.05) is 0 Å². The van der Waals surface area contributed by atoms with Gasteiger partial charge in [-0.05, 0) is 24.8 Å². The maximum absolute atomic E-state index is 5.97. The van der Waals surface area contributed by atoms with Crippen LogP contribution in [-0.2, 0) is 11.2 Å². The molecular weight excluding hydrogens is 377 g/mol. The second-order valence-corrected chi connectivity index (χ2v) is 5.14. The number of aryl methyl sites for hydroxylation is 1. The van der Waals surface area contributed by atoms with E-state index in [0.717, 1.165) is 45.7 Å². The van der Waals surface area contributed by atoms with Crippen LogP contribution in [0.2, 0.25) is 0 Å². The minimum Gasteiger partial charge on any atom is -0.378 e. The van der Waals surface area contributed by atoms with Crippen molar-refractivity contribution < 1.29 is 4.74 Å². The highest BCUT2D eigenvalue weighted by molar-refractivity contribution is 14.0. The fourth-order valence-electron chi connectivity index (χ4n) is 2.35. The van der Waals surface area contributed by atoms with Gasteiger partial charge in [0, 0.05) is 19.6 Å². The summed E-state index contributed by atoms with van der Waals surface area (Å²) in [5, 5.41) is 0. The van der Waals surface area contributed by atoms with E-state index < -0.39 is 0 Å². The molecule has 1 aromatic carbocycles. The lowest BCUT2D eigenvalue weighted by atomic mass is 10.1. The van der Waals surface area contributed by atoms with Crippen LogP contribution in [0.4, 0.5) is 0 Å². The molecule has 0 aromatic heterocycles. The lowest BCUT2D eigenvalue weighted by Crippen LogP contribution is -2.44. The fourth-order valence-corrected chi connectivity index (χ4v) is 2.35. The van der Waals surface area contributed by atoms with Gasteiger partial charge in [0.2, 0.25) is 0 Å². The highest BCUT2D eigenvalue weighted by atomic mass is 127. The number of benzene rings is 1. The van der Waals surface area contributed by atoms with Gasteiger partial charge >= 0.3 is 0 Å². The van der Waals surface area contributed by atoms with Gasteiger partial charge in [-0.25, -0.2) is 0 Å². The van der Waals surface area contributed by atoms with Crippen molar-refractivity contribution in [1.82, 2.24) is 4.90 Å². The monoisotopic (exact) mass is 403 g/mol. The van der Waals surface area contributed by atoms with E-state index in [9.17, 15) is 0 Å². The second-order valence-electron chi connectivity index (χ2n) is 5.14. The Morgan fingerprint density at radius 1 is 1.10 bits per heavy atom. The minimum absolute atomic E-state index is 0. The summed E-state index contributed by atoms with van der Waals surface area (Å²) in [5.41, 5.74) is 7.39. The maximum atomic E-state index is 5.97. The first-order valence-electron chi connectivity index (χ1n) is 7.53. The summed E-state index contributed by atoms with van der Waals surface area (Å²) in [7, 11) is 0. The first-order valence-corrected chi connectivity index (χ1v) is 7.53. The number of hydrogen-bond donors (Lipinski definition) is 1. The van der Waals surface area contributed by atoms with Gasteiger partial charge in [0.1, 0.15) is 0 Å². The molecule has 118 valence electrons. The smallest absolute Gasteiger partial charge is 0.191 e. The van der Waals surface area contributed by atoms with Crippen molar-refractivity contribution in [2.45, 2.75) is 25.7 Å². The Morgan fingerprint density at radius 3 is 2.52 bits per heavy atom. The van der Waals surface area contributed by atoms with Gasteiger partial charge in [-0.1, -0.05) is 36.8 Å². The summed E-state index contributed by atoms with van der Waals surface area (Å²) in [6.07, 6.45) is 4.69. The minimum atomic E-state index is 0. The third-order valence-corrected chi connectivity index (χ3v) is 3.58. The number of rotatable bonds is 6. The predicted molar refractivity (Wildman–Crippen MR) is 98.3 cm³/mol. The van der Waals surface area contributed by atoms with Crippen LogP contribution in [-0.4, -0.2) is 43.7 Å². The van der Waals surface area contributed by atoms with Gasteiger partial charge in [-0.15, -0.1) is 24.0 Å². The molecule has 1 aliphatic rings. The standard InChI is InChI=1S/C16H25N3O.HI/c17-16(19-11-13-20-14-12-19)18-10-6-2-5-9-15-7-3-1-4-8-15;/h1,3-4,7-8H,2,5-6,9-14H2,(H2,17,18);1H. The van der Waals surface area contributed by atoms with Crippen molar-refractivity contribution in [2.75, 3.05) is 32.8 Å². The number of unbranched alkanes of at least 4 members (excludes halogenated alkanes) is 2. The van der Waals surface area contributed by atoms with Crippen molar-refractivity contribution in [2.24, 2.45) is 10.7 Å². The van der Waals surface area contributed by atoms with Gasteiger partial charge in [0.25, 0.3) is 0 Å². The van der Waals surface area contributed by atoms with E-state index in [0.29, 0.717) is 5.96 Å². The zero-order valence-electron chi connectivity index (χ0n) is 12.5. The molecule has 1 fully saturated rings. The molecule has 2 rings (SSSR count). The molecule has 0 radical (unpaired) electrons. The molecule has 4 nitrogen and oxygen atoms in total. The topological polar surface area (TPSA) is 50.8 Å². The summed E-state index contributed by atoms with van der Waals surface area (Å²) >= 11 is 0. The molecule has 5 heteroatoms. The third-order valence-electron chi connectivity index (χ3n) is 3.58. The normalized spacial score (nSPS) is 15.6. The number of halogens is 1. The summed E-state index contributed by atoms with van der Waals surface area (Å²) in [6.45, 7) is 4.07. The largest absolute Gasteiger partial charge is 0.378 e. The molecule has 0 aliphatic carbocycles. The molecule has 1 aliphatic heterocycles. The van der Waals surface area contributed by atoms with Crippen LogP contribution in [0.1, 0.15) is 24.8 Å². The Kier molecular flexibility index (Phi) is 9.41. The lowest BCUT2D eigenvalue weighted by molar-refractivity contribution is 0.0674. The van der Waals surface area contributed by atoms with Crippen molar-refractivity contribution in [3.8, 4) is 0 Å². The average Bonchev–Trinajstić information content (AvgIpc) is 2.52. The van der Waals surface area contributed by atoms with Gasteiger partial charge in [0.15, 0.2) is 5.96 Å². The molecule has 0 atom stereocenters. The number of nitrogens with zero attached hydrogens (tertiary/aromatic N) is 2. The van der Waals surface area contributed by atoms with Crippen LogP contribution < -0.4 is 5.73 Å². The van der Waals surface area contributed by atoms with Crippen LogP contribution in [0.25, 0.3) is 0 Å². The Labute approximate surface area is 144 Å². The van der Waals surface area contributed by atoms with E-state index in [1.165, 1.54) is 18.4 Å². The molecule has 0 amide bonds. The van der Waals surface area contributed by atoms with Crippen molar-refractivity contribution in [3.63, 3.8) is 0 Å². The molecule has 0 bridgehead atoms. The first kappa shape index (κ1) is 18.2. The lowest BCUT2D eigenvalue weighted by Gasteiger charge is -2.27. The van der Waals surface area contributed by atoms with Crippen molar-refractivity contribution >= 4 is 29.9 Å². The van der Waals surface area contributed by atoms with Gasteiger partial charge in [0.05, 0.1) is 13.2 Å². The van der Waals surface area contributed by atoms with Gasteiger partial charge in [-0.3, -0.25) is 4.99 Å². The average molecular weight is 403 g/mol. The molecule has 0 spiro atoms. The quantitative estimate of drug-likeness (QED) is 0.344. The summed E-state index contributed by atoms with van der Waals surface area (Å²) in [4.78, 5) is 6.56.